The second kappa shape index (κ2) is 12.5. The van der Waals surface area contributed by atoms with Crippen LogP contribution in [0.25, 0.3) is 11.1 Å². The molecular weight excluding hydrogens is 699 g/mol. The van der Waals surface area contributed by atoms with Crippen LogP contribution >= 0.6 is 0 Å². The van der Waals surface area contributed by atoms with Crippen LogP contribution in [0.4, 0.5) is 34.1 Å². The number of anilines is 6. The molecule has 6 aromatic carbocycles. The Kier molecular flexibility index (Phi) is 8.03. The summed E-state index contributed by atoms with van der Waals surface area (Å²) in [6.07, 6.45) is 4.44. The molecule has 2 nitrogen and oxygen atoms in total. The van der Waals surface area contributed by atoms with Crippen LogP contribution in [0.2, 0.25) is 0 Å². The summed E-state index contributed by atoms with van der Waals surface area (Å²) in [5, 5.41) is 0. The minimum atomic E-state index is -0.0765. The Morgan fingerprint density at radius 2 is 0.948 bits per heavy atom. The van der Waals surface area contributed by atoms with Crippen molar-refractivity contribution in [3.63, 3.8) is 0 Å². The number of nitrogens with zero attached hydrogens (tertiary/aromatic N) is 2. The first-order valence-electron chi connectivity index (χ1n) is 21.7. The lowest BCUT2D eigenvalue weighted by Gasteiger charge is -2.46. The van der Waals surface area contributed by atoms with Crippen LogP contribution in [-0.4, -0.2) is 6.71 Å². The van der Waals surface area contributed by atoms with E-state index in [1.807, 2.05) is 0 Å². The molecule has 4 aliphatic rings. The van der Waals surface area contributed by atoms with E-state index in [0.29, 0.717) is 0 Å². The van der Waals surface area contributed by atoms with Gasteiger partial charge in [-0.1, -0.05) is 136 Å². The Morgan fingerprint density at radius 1 is 0.466 bits per heavy atom. The van der Waals surface area contributed by atoms with E-state index in [9.17, 15) is 0 Å². The van der Waals surface area contributed by atoms with E-state index in [1.54, 1.807) is 0 Å². The van der Waals surface area contributed by atoms with Gasteiger partial charge in [0.25, 0.3) is 6.71 Å². The largest absolute Gasteiger partial charge is 0.311 e. The third-order valence-corrected chi connectivity index (χ3v) is 13.8. The molecule has 0 unspecified atom stereocenters. The molecule has 0 saturated carbocycles. The van der Waals surface area contributed by atoms with Gasteiger partial charge < -0.3 is 9.80 Å². The van der Waals surface area contributed by atoms with Crippen LogP contribution in [0.15, 0.2) is 109 Å². The first-order valence-corrected chi connectivity index (χ1v) is 21.7. The van der Waals surface area contributed by atoms with E-state index >= 15 is 0 Å². The van der Waals surface area contributed by atoms with Gasteiger partial charge in [0.2, 0.25) is 0 Å². The van der Waals surface area contributed by atoms with Crippen LogP contribution in [0, 0.1) is 17.8 Å². The smallest absolute Gasteiger partial charge is 0.252 e. The third kappa shape index (κ3) is 5.90. The van der Waals surface area contributed by atoms with Crippen molar-refractivity contribution in [1.29, 1.82) is 0 Å². The van der Waals surface area contributed by atoms with Crippen molar-refractivity contribution < 1.29 is 0 Å². The molecule has 58 heavy (non-hydrogen) atoms. The molecule has 0 bridgehead atoms. The number of fused-ring (bicyclic) bond motifs is 6. The van der Waals surface area contributed by atoms with Crippen LogP contribution < -0.4 is 26.2 Å². The normalized spacial score (nSPS) is 17.1. The summed E-state index contributed by atoms with van der Waals surface area (Å²) >= 11 is 0. The maximum atomic E-state index is 2.69. The molecule has 0 atom stereocenters. The molecule has 0 fully saturated rings. The van der Waals surface area contributed by atoms with Gasteiger partial charge in [0, 0.05) is 34.0 Å². The van der Waals surface area contributed by atoms with E-state index in [0.717, 1.165) is 25.7 Å². The summed E-state index contributed by atoms with van der Waals surface area (Å²) in [5.74, 6) is 0. The summed E-state index contributed by atoms with van der Waals surface area (Å²) in [4.78, 5) is 5.35. The third-order valence-electron chi connectivity index (χ3n) is 13.8. The minimum absolute atomic E-state index is 0.0112. The molecule has 292 valence electrons. The Labute approximate surface area is 348 Å². The SMILES string of the molecule is Cc1ccccc1N1c2cc3c(cc2B2c4cc5c(cc4N(c4ccc(C(C)(C)C)cc4-c4ccccc4)c4cc(C(C)(C)C)cc1c42)CC(C)(C)C5)CC(C)(C)C3. The number of benzene rings is 6. The molecule has 0 amide bonds. The molecule has 0 saturated heterocycles. The quantitative estimate of drug-likeness (QED) is 0.166. The molecule has 2 aliphatic heterocycles. The first kappa shape index (κ1) is 37.3. The Balaban J connectivity index is 1.35. The van der Waals surface area contributed by atoms with Crippen LogP contribution in [0.1, 0.15) is 108 Å². The highest BCUT2D eigenvalue weighted by atomic mass is 15.2. The average molecular weight is 759 g/mol. The van der Waals surface area contributed by atoms with Crippen molar-refractivity contribution in [2.75, 3.05) is 9.80 Å². The van der Waals surface area contributed by atoms with Crippen molar-refractivity contribution >= 4 is 57.2 Å². The molecule has 3 heteroatoms. The van der Waals surface area contributed by atoms with Crippen molar-refractivity contribution in [3.8, 4) is 11.1 Å². The summed E-state index contributed by atoms with van der Waals surface area (Å²) < 4.78 is 0. The number of hydrogen-bond donors (Lipinski definition) is 0. The van der Waals surface area contributed by atoms with E-state index in [1.165, 1.54) is 101 Å². The van der Waals surface area contributed by atoms with Crippen molar-refractivity contribution in [3.05, 3.63) is 148 Å². The number of aryl methyl sites for hydroxylation is 1. The zero-order chi connectivity index (χ0) is 40.7. The second-order valence-corrected chi connectivity index (χ2v) is 21.8. The number of para-hydroxylation sites is 1. The van der Waals surface area contributed by atoms with E-state index in [-0.39, 0.29) is 28.4 Å². The molecule has 2 aliphatic carbocycles. The first-order chi connectivity index (χ1) is 27.4. The maximum Gasteiger partial charge on any atom is 0.252 e. The zero-order valence-corrected chi connectivity index (χ0v) is 36.7. The predicted octanol–water partition coefficient (Wildman–Crippen LogP) is 12.6. The van der Waals surface area contributed by atoms with Crippen molar-refractivity contribution in [2.45, 2.75) is 113 Å². The topological polar surface area (TPSA) is 6.48 Å². The molecule has 6 aromatic rings. The number of rotatable bonds is 3. The van der Waals surface area contributed by atoms with Crippen molar-refractivity contribution in [2.24, 2.45) is 10.8 Å². The summed E-state index contributed by atoms with van der Waals surface area (Å²) in [7, 11) is 0. The molecule has 0 aromatic heterocycles. The van der Waals surface area contributed by atoms with E-state index < -0.39 is 0 Å². The summed E-state index contributed by atoms with van der Waals surface area (Å²) in [6.45, 7) is 26.3. The standard InChI is InChI=1S/C55H59BN2/c1-34-17-15-16-20-45(34)57-47-25-38-32-54(8,9)30-36(38)23-43(47)56-44-24-37-31-55(10,11)33-39(37)26-48(44)58(50-29-41(53(5,6)7)28-49(57)51(50)56)46-22-21-40(52(2,3)4)27-42(46)35-18-13-12-14-19-35/h12-29H,30-33H2,1-11H3. The highest BCUT2D eigenvalue weighted by Crippen LogP contribution is 2.51. The fourth-order valence-electron chi connectivity index (χ4n) is 10.9. The van der Waals surface area contributed by atoms with Gasteiger partial charge in [-0.2, -0.15) is 0 Å². The van der Waals surface area contributed by atoms with Crippen LogP contribution in [-0.2, 0) is 36.5 Å². The Bertz CT molecular complexity index is 2670. The minimum Gasteiger partial charge on any atom is -0.311 e. The van der Waals surface area contributed by atoms with Crippen LogP contribution in [0.5, 0.6) is 0 Å². The second-order valence-electron chi connectivity index (χ2n) is 21.8. The van der Waals surface area contributed by atoms with Gasteiger partial charge in [0.1, 0.15) is 0 Å². The van der Waals surface area contributed by atoms with Gasteiger partial charge in [-0.25, -0.2) is 0 Å². The molecule has 2 heterocycles. The van der Waals surface area contributed by atoms with Gasteiger partial charge in [-0.3, -0.25) is 0 Å². The zero-order valence-electron chi connectivity index (χ0n) is 36.7. The van der Waals surface area contributed by atoms with E-state index in [4.69, 9.17) is 0 Å². The highest BCUT2D eigenvalue weighted by molar-refractivity contribution is 7.00. The molecule has 0 spiro atoms. The Morgan fingerprint density at radius 3 is 1.47 bits per heavy atom. The molecule has 0 N–H and O–H groups in total. The average Bonchev–Trinajstić information content (AvgIpc) is 3.63. The predicted molar refractivity (Wildman–Crippen MR) is 250 cm³/mol. The Hall–Kier alpha value is -5.02. The van der Waals surface area contributed by atoms with Gasteiger partial charge in [-0.15, -0.1) is 0 Å². The van der Waals surface area contributed by atoms with Crippen molar-refractivity contribution in [1.82, 2.24) is 0 Å². The maximum absolute atomic E-state index is 2.69. The lowest BCUT2D eigenvalue weighted by molar-refractivity contribution is 0.392. The van der Waals surface area contributed by atoms with Gasteiger partial charge in [0.05, 0.1) is 5.69 Å². The van der Waals surface area contributed by atoms with Gasteiger partial charge in [-0.05, 0) is 158 Å². The molecule has 10 rings (SSSR count). The van der Waals surface area contributed by atoms with Crippen LogP contribution in [0.3, 0.4) is 0 Å². The monoisotopic (exact) mass is 758 g/mol. The van der Waals surface area contributed by atoms with Gasteiger partial charge >= 0.3 is 0 Å². The summed E-state index contributed by atoms with van der Waals surface area (Å²) in [6, 6.07) is 43.1. The van der Waals surface area contributed by atoms with Gasteiger partial charge in [0.15, 0.2) is 0 Å². The lowest BCUT2D eigenvalue weighted by atomic mass is 9.33. The fourth-order valence-corrected chi connectivity index (χ4v) is 10.9. The number of hydrogen-bond acceptors (Lipinski definition) is 2. The molecular formula is C55H59BN2. The van der Waals surface area contributed by atoms with E-state index in [2.05, 4.69) is 195 Å². The molecule has 0 radical (unpaired) electrons. The summed E-state index contributed by atoms with van der Waals surface area (Å²) in [5.41, 5.74) is 25.1. The fraction of sp³-hybridized carbons (Fsp3) is 0.345. The lowest BCUT2D eigenvalue weighted by Crippen LogP contribution is -2.61. The highest BCUT2D eigenvalue weighted by Gasteiger charge is 2.47.